The van der Waals surface area contributed by atoms with Gasteiger partial charge < -0.3 is 10.2 Å². The van der Waals surface area contributed by atoms with Crippen LogP contribution in [0, 0.1) is 17.2 Å². The Labute approximate surface area is 116 Å². The number of hydrogen-bond donors (Lipinski definition) is 1. The van der Waals surface area contributed by atoms with Crippen LogP contribution in [0.2, 0.25) is 0 Å². The molecule has 0 spiro atoms. The molecule has 19 heavy (non-hydrogen) atoms. The average Bonchev–Trinajstić information content (AvgIpc) is 2.86. The van der Waals surface area contributed by atoms with Gasteiger partial charge in [0.05, 0.1) is 17.4 Å². The Kier molecular flexibility index (Phi) is 4.17. The normalized spacial score (nSPS) is 12.1. The zero-order chi connectivity index (χ0) is 13.8. The summed E-state index contributed by atoms with van der Waals surface area (Å²) in [6, 6.07) is 4.28. The molecule has 2 aromatic heterocycles. The van der Waals surface area contributed by atoms with Gasteiger partial charge in [0.2, 0.25) is 5.95 Å². The van der Waals surface area contributed by atoms with E-state index in [2.05, 4.69) is 21.4 Å². The molecule has 1 unspecified atom stereocenters. The molecule has 0 saturated heterocycles. The van der Waals surface area contributed by atoms with Gasteiger partial charge in [-0.05, 0) is 25.3 Å². The highest BCUT2D eigenvalue weighted by atomic mass is 32.1. The van der Waals surface area contributed by atoms with E-state index in [-0.39, 0.29) is 5.92 Å². The fourth-order valence-corrected chi connectivity index (χ4v) is 2.66. The molecular weight excluding hydrogens is 258 g/mol. The fraction of sp³-hybridized carbons (Fsp3) is 0.462. The van der Waals surface area contributed by atoms with Crippen LogP contribution in [0.25, 0.3) is 10.2 Å². The Morgan fingerprint density at radius 3 is 3.00 bits per heavy atom. The van der Waals surface area contributed by atoms with E-state index in [1.807, 2.05) is 37.2 Å². The molecule has 2 aromatic rings. The molecule has 100 valence electrons. The van der Waals surface area contributed by atoms with E-state index in [1.165, 1.54) is 0 Å². The molecule has 0 aliphatic heterocycles. The first-order valence-electron chi connectivity index (χ1n) is 6.25. The first-order valence-corrected chi connectivity index (χ1v) is 7.13. The van der Waals surface area contributed by atoms with Crippen LogP contribution in [0.3, 0.4) is 0 Å². The minimum atomic E-state index is -0.0313. The molecule has 0 saturated carbocycles. The number of nitrogens with zero attached hydrogens (tertiary/aromatic N) is 4. The summed E-state index contributed by atoms with van der Waals surface area (Å²) in [4.78, 5) is 12.0. The average molecular weight is 275 g/mol. The Bertz CT molecular complexity index is 601. The van der Waals surface area contributed by atoms with Crippen molar-refractivity contribution in [3.63, 3.8) is 0 Å². The number of anilines is 2. The van der Waals surface area contributed by atoms with Gasteiger partial charge >= 0.3 is 0 Å². The summed E-state index contributed by atoms with van der Waals surface area (Å²) >= 11 is 1.60. The highest BCUT2D eigenvalue weighted by molar-refractivity contribution is 7.16. The minimum absolute atomic E-state index is 0.0313. The lowest BCUT2D eigenvalue weighted by Crippen LogP contribution is -2.24. The molecule has 0 aliphatic rings. The third-order valence-corrected chi connectivity index (χ3v) is 3.58. The second-order valence-electron chi connectivity index (χ2n) is 4.45. The van der Waals surface area contributed by atoms with Crippen LogP contribution in [-0.2, 0) is 0 Å². The van der Waals surface area contributed by atoms with E-state index in [4.69, 9.17) is 5.26 Å². The maximum Gasteiger partial charge on any atom is 0.226 e. The lowest BCUT2D eigenvalue weighted by atomic mass is 10.2. The Morgan fingerprint density at radius 2 is 2.32 bits per heavy atom. The van der Waals surface area contributed by atoms with Crippen molar-refractivity contribution >= 4 is 33.3 Å². The second kappa shape index (κ2) is 5.85. The Morgan fingerprint density at radius 1 is 1.53 bits per heavy atom. The lowest BCUT2D eigenvalue weighted by molar-refractivity contribution is 0.712. The van der Waals surface area contributed by atoms with E-state index in [0.717, 1.165) is 22.6 Å². The van der Waals surface area contributed by atoms with Crippen molar-refractivity contribution in [1.29, 1.82) is 5.26 Å². The molecule has 0 aliphatic carbocycles. The summed E-state index contributed by atoms with van der Waals surface area (Å²) in [6.45, 7) is 5.37. The zero-order valence-electron chi connectivity index (χ0n) is 11.3. The van der Waals surface area contributed by atoms with Crippen LogP contribution >= 0.6 is 11.3 Å². The number of fused-ring (bicyclic) bond motifs is 1. The largest absolute Gasteiger partial charge is 0.358 e. The van der Waals surface area contributed by atoms with Crippen LogP contribution in [0.15, 0.2) is 11.4 Å². The first-order chi connectivity index (χ1) is 9.15. The summed E-state index contributed by atoms with van der Waals surface area (Å²) < 4.78 is 0. The van der Waals surface area contributed by atoms with Gasteiger partial charge in [0.25, 0.3) is 0 Å². The van der Waals surface area contributed by atoms with Gasteiger partial charge in [0.15, 0.2) is 0 Å². The van der Waals surface area contributed by atoms with Gasteiger partial charge in [-0.1, -0.05) is 0 Å². The number of thiophene rings is 1. The van der Waals surface area contributed by atoms with Gasteiger partial charge in [0, 0.05) is 20.1 Å². The van der Waals surface area contributed by atoms with E-state index in [0.29, 0.717) is 12.5 Å². The van der Waals surface area contributed by atoms with Crippen molar-refractivity contribution in [2.45, 2.75) is 13.8 Å². The standard InChI is InChI=1S/C13H17N5S/c1-4-15-13-16-11(18(3)8-9(2)7-14)10-5-6-19-12(10)17-13/h5-6,9H,4,8H2,1-3H3,(H,15,16,17). The van der Waals surface area contributed by atoms with Gasteiger partial charge in [0.1, 0.15) is 10.6 Å². The monoisotopic (exact) mass is 275 g/mol. The molecule has 1 atom stereocenters. The van der Waals surface area contributed by atoms with E-state index < -0.39 is 0 Å². The zero-order valence-corrected chi connectivity index (χ0v) is 12.2. The quantitative estimate of drug-likeness (QED) is 0.909. The van der Waals surface area contributed by atoms with Crippen molar-refractivity contribution in [1.82, 2.24) is 9.97 Å². The maximum absolute atomic E-state index is 8.92. The Hall–Kier alpha value is -1.87. The van der Waals surface area contributed by atoms with Crippen molar-refractivity contribution < 1.29 is 0 Å². The van der Waals surface area contributed by atoms with Crippen LogP contribution in [0.4, 0.5) is 11.8 Å². The third kappa shape index (κ3) is 2.93. The number of nitrogens with one attached hydrogen (secondary N) is 1. The van der Waals surface area contributed by atoms with Crippen molar-refractivity contribution in [3.8, 4) is 6.07 Å². The van der Waals surface area contributed by atoms with E-state index in [9.17, 15) is 0 Å². The van der Waals surface area contributed by atoms with Gasteiger partial charge in [-0.3, -0.25) is 0 Å². The van der Waals surface area contributed by atoms with E-state index >= 15 is 0 Å². The molecule has 6 heteroatoms. The molecule has 0 radical (unpaired) electrons. The Balaban J connectivity index is 2.39. The molecular formula is C13H17N5S. The van der Waals surface area contributed by atoms with Crippen molar-refractivity contribution in [2.75, 3.05) is 30.4 Å². The highest BCUT2D eigenvalue weighted by Crippen LogP contribution is 2.28. The summed E-state index contributed by atoms with van der Waals surface area (Å²) in [5, 5.41) is 15.1. The van der Waals surface area contributed by atoms with Gasteiger partial charge in [-0.2, -0.15) is 10.2 Å². The number of rotatable bonds is 5. The van der Waals surface area contributed by atoms with E-state index in [1.54, 1.807) is 11.3 Å². The van der Waals surface area contributed by atoms with Crippen molar-refractivity contribution in [2.24, 2.45) is 5.92 Å². The van der Waals surface area contributed by atoms with Gasteiger partial charge in [-0.25, -0.2) is 4.98 Å². The SMILES string of the molecule is CCNc1nc(N(C)CC(C)C#N)c2ccsc2n1. The van der Waals surface area contributed by atoms with Crippen LogP contribution in [0.5, 0.6) is 0 Å². The van der Waals surface area contributed by atoms with Crippen LogP contribution in [0.1, 0.15) is 13.8 Å². The lowest BCUT2D eigenvalue weighted by Gasteiger charge is -2.20. The summed E-state index contributed by atoms with van der Waals surface area (Å²) in [5.41, 5.74) is 0. The predicted octanol–water partition coefficient (Wildman–Crippen LogP) is 2.72. The number of hydrogen-bond acceptors (Lipinski definition) is 6. The second-order valence-corrected chi connectivity index (χ2v) is 5.35. The molecule has 0 bridgehead atoms. The molecule has 2 rings (SSSR count). The molecule has 0 amide bonds. The number of nitriles is 1. The molecule has 0 fully saturated rings. The smallest absolute Gasteiger partial charge is 0.226 e. The van der Waals surface area contributed by atoms with Crippen LogP contribution < -0.4 is 10.2 Å². The molecule has 1 N–H and O–H groups in total. The molecule has 2 heterocycles. The predicted molar refractivity (Wildman–Crippen MR) is 79.6 cm³/mol. The summed E-state index contributed by atoms with van der Waals surface area (Å²) in [6.07, 6.45) is 0. The maximum atomic E-state index is 8.92. The first kappa shape index (κ1) is 13.6. The minimum Gasteiger partial charge on any atom is -0.358 e. The topological polar surface area (TPSA) is 64.8 Å². The third-order valence-electron chi connectivity index (χ3n) is 2.77. The van der Waals surface area contributed by atoms with Crippen LogP contribution in [-0.4, -0.2) is 30.1 Å². The summed E-state index contributed by atoms with van der Waals surface area (Å²) in [5.74, 6) is 1.49. The highest BCUT2D eigenvalue weighted by Gasteiger charge is 2.14. The number of aromatic nitrogens is 2. The summed E-state index contributed by atoms with van der Waals surface area (Å²) in [7, 11) is 1.96. The van der Waals surface area contributed by atoms with Crippen molar-refractivity contribution in [3.05, 3.63) is 11.4 Å². The molecule has 5 nitrogen and oxygen atoms in total. The fourth-order valence-electron chi connectivity index (χ4n) is 1.91. The molecule has 0 aromatic carbocycles. The van der Waals surface area contributed by atoms with Gasteiger partial charge in [-0.15, -0.1) is 11.3 Å².